The summed E-state index contributed by atoms with van der Waals surface area (Å²) >= 11 is 5.90. The Morgan fingerprint density at radius 3 is 2.40 bits per heavy atom. The highest BCUT2D eigenvalue weighted by Crippen LogP contribution is 2.31. The van der Waals surface area contributed by atoms with Crippen LogP contribution < -0.4 is 16.0 Å². The van der Waals surface area contributed by atoms with Gasteiger partial charge in [-0.25, -0.2) is 9.18 Å². The van der Waals surface area contributed by atoms with Gasteiger partial charge in [-0.3, -0.25) is 4.98 Å². The summed E-state index contributed by atoms with van der Waals surface area (Å²) in [5.74, 6) is -0.460. The first kappa shape index (κ1) is 19.7. The number of benzene rings is 3. The van der Waals surface area contributed by atoms with Gasteiger partial charge in [-0.1, -0.05) is 29.8 Å². The van der Waals surface area contributed by atoms with Crippen LogP contribution in [0.25, 0.3) is 22.0 Å². The number of halogens is 2. The summed E-state index contributed by atoms with van der Waals surface area (Å²) in [6.45, 7) is 0. The third-order valence-electron chi connectivity index (χ3n) is 4.64. The van der Waals surface area contributed by atoms with E-state index in [9.17, 15) is 9.18 Å². The number of hydrogen-bond acceptors (Lipinski definition) is 3. The lowest BCUT2D eigenvalue weighted by atomic mass is 10.0. The molecular weight excluding hydrogens is 403 g/mol. The van der Waals surface area contributed by atoms with E-state index in [1.54, 1.807) is 25.4 Å². The molecule has 5 nitrogen and oxygen atoms in total. The fourth-order valence-electron chi connectivity index (χ4n) is 3.10. The average molecular weight is 421 g/mol. The molecule has 0 spiro atoms. The van der Waals surface area contributed by atoms with Crippen molar-refractivity contribution in [3.05, 3.63) is 83.8 Å². The molecule has 3 N–H and O–H groups in total. The molecule has 1 heterocycles. The van der Waals surface area contributed by atoms with Crippen LogP contribution in [0.2, 0.25) is 5.02 Å². The predicted octanol–water partition coefficient (Wildman–Crippen LogP) is 6.19. The van der Waals surface area contributed by atoms with Gasteiger partial charge in [0.25, 0.3) is 0 Å². The van der Waals surface area contributed by atoms with Crippen LogP contribution in [0.1, 0.15) is 0 Å². The van der Waals surface area contributed by atoms with Crippen molar-refractivity contribution in [2.75, 3.05) is 17.7 Å². The third kappa shape index (κ3) is 4.18. The molecule has 4 rings (SSSR count). The third-order valence-corrected chi connectivity index (χ3v) is 4.93. The summed E-state index contributed by atoms with van der Waals surface area (Å²) in [5, 5.41) is 9.52. The molecule has 30 heavy (non-hydrogen) atoms. The molecule has 0 fully saturated rings. The van der Waals surface area contributed by atoms with Crippen molar-refractivity contribution in [3.63, 3.8) is 0 Å². The van der Waals surface area contributed by atoms with Gasteiger partial charge >= 0.3 is 6.03 Å². The lowest BCUT2D eigenvalue weighted by Crippen LogP contribution is -2.24. The van der Waals surface area contributed by atoms with Gasteiger partial charge in [0.1, 0.15) is 5.82 Å². The van der Waals surface area contributed by atoms with Crippen LogP contribution in [0.15, 0.2) is 72.9 Å². The Hall–Kier alpha value is -3.64. The van der Waals surface area contributed by atoms with E-state index in [-0.39, 0.29) is 11.1 Å². The number of urea groups is 1. The average Bonchev–Trinajstić information content (AvgIpc) is 2.77. The first-order valence-corrected chi connectivity index (χ1v) is 9.61. The molecule has 1 aromatic heterocycles. The number of rotatable bonds is 4. The molecule has 0 bridgehead atoms. The Balaban J connectivity index is 1.67. The molecule has 0 saturated carbocycles. The highest BCUT2D eigenvalue weighted by Gasteiger charge is 2.08. The van der Waals surface area contributed by atoms with Crippen LogP contribution >= 0.6 is 11.6 Å². The lowest BCUT2D eigenvalue weighted by Gasteiger charge is -2.12. The number of carbonyl (C=O) groups excluding carboxylic acids is 1. The molecule has 0 aliphatic rings. The SMILES string of the molecule is CNC(=O)Nc1ccc(-c2ccc3nccc(Nc4ccc(F)c(Cl)c4)c3c2)cc1. The molecule has 0 aliphatic carbocycles. The molecule has 0 radical (unpaired) electrons. The topological polar surface area (TPSA) is 66.0 Å². The quantitative estimate of drug-likeness (QED) is 0.369. The first-order valence-electron chi connectivity index (χ1n) is 9.23. The van der Waals surface area contributed by atoms with Crippen molar-refractivity contribution in [2.24, 2.45) is 0 Å². The van der Waals surface area contributed by atoms with Crippen LogP contribution in [0.4, 0.5) is 26.2 Å². The number of fused-ring (bicyclic) bond motifs is 1. The van der Waals surface area contributed by atoms with E-state index in [1.165, 1.54) is 6.07 Å². The first-order chi connectivity index (χ1) is 14.5. The van der Waals surface area contributed by atoms with Gasteiger partial charge in [0, 0.05) is 35.7 Å². The number of aromatic nitrogens is 1. The molecule has 2 amide bonds. The van der Waals surface area contributed by atoms with Gasteiger partial charge in [0.05, 0.1) is 10.5 Å². The largest absolute Gasteiger partial charge is 0.355 e. The van der Waals surface area contributed by atoms with E-state index in [1.807, 2.05) is 48.5 Å². The Morgan fingerprint density at radius 2 is 1.67 bits per heavy atom. The molecule has 0 saturated heterocycles. The molecule has 150 valence electrons. The Morgan fingerprint density at radius 1 is 0.933 bits per heavy atom. The van der Waals surface area contributed by atoms with Crippen LogP contribution in [0.3, 0.4) is 0 Å². The number of nitrogens with zero attached hydrogens (tertiary/aromatic N) is 1. The minimum absolute atomic E-state index is 0.0597. The molecule has 4 aromatic rings. The van der Waals surface area contributed by atoms with Crippen LogP contribution in [0, 0.1) is 5.82 Å². The van der Waals surface area contributed by atoms with E-state index in [0.29, 0.717) is 11.4 Å². The summed E-state index contributed by atoms with van der Waals surface area (Å²) in [6.07, 6.45) is 1.72. The second kappa shape index (κ2) is 8.39. The molecule has 3 aromatic carbocycles. The molecular formula is C23H18ClFN4O. The fraction of sp³-hybridized carbons (Fsp3) is 0.0435. The summed E-state index contributed by atoms with van der Waals surface area (Å²) in [5.41, 5.74) is 5.05. The van der Waals surface area contributed by atoms with Gasteiger partial charge in [-0.15, -0.1) is 0 Å². The number of pyridine rings is 1. The van der Waals surface area contributed by atoms with Crippen molar-refractivity contribution in [3.8, 4) is 11.1 Å². The number of anilines is 3. The van der Waals surface area contributed by atoms with E-state index < -0.39 is 5.82 Å². The number of amides is 2. The van der Waals surface area contributed by atoms with E-state index in [4.69, 9.17) is 11.6 Å². The number of carbonyl (C=O) groups is 1. The zero-order valence-corrected chi connectivity index (χ0v) is 16.8. The zero-order valence-electron chi connectivity index (χ0n) is 16.0. The van der Waals surface area contributed by atoms with Gasteiger partial charge in [-0.05, 0) is 59.7 Å². The van der Waals surface area contributed by atoms with Gasteiger partial charge in [-0.2, -0.15) is 0 Å². The smallest absolute Gasteiger partial charge is 0.318 e. The maximum absolute atomic E-state index is 13.5. The van der Waals surface area contributed by atoms with E-state index in [2.05, 4.69) is 20.9 Å². The molecule has 0 aliphatic heterocycles. The standard InChI is InChI=1S/C23H18ClFN4O/c1-26-23(30)29-16-5-2-14(3-6-16)15-4-9-21-18(12-15)22(10-11-27-21)28-17-7-8-20(25)19(24)13-17/h2-13H,1H3,(H,27,28)(H2,26,29,30). The van der Waals surface area contributed by atoms with Crippen LogP contribution in [-0.2, 0) is 0 Å². The number of hydrogen-bond donors (Lipinski definition) is 3. The summed E-state index contributed by atoms with van der Waals surface area (Å²) in [4.78, 5) is 15.9. The highest BCUT2D eigenvalue weighted by atomic mass is 35.5. The molecule has 0 atom stereocenters. The van der Waals surface area contributed by atoms with E-state index in [0.717, 1.165) is 27.7 Å². The number of nitrogens with one attached hydrogen (secondary N) is 3. The Kier molecular flexibility index (Phi) is 5.50. The summed E-state index contributed by atoms with van der Waals surface area (Å²) in [7, 11) is 1.57. The predicted molar refractivity (Wildman–Crippen MR) is 120 cm³/mol. The van der Waals surface area contributed by atoms with Crippen LogP contribution in [0.5, 0.6) is 0 Å². The van der Waals surface area contributed by atoms with Crippen molar-refractivity contribution < 1.29 is 9.18 Å². The maximum Gasteiger partial charge on any atom is 0.318 e. The lowest BCUT2D eigenvalue weighted by molar-refractivity contribution is 0.254. The normalized spacial score (nSPS) is 10.6. The Labute approximate surface area is 177 Å². The van der Waals surface area contributed by atoms with Crippen molar-refractivity contribution >= 4 is 45.6 Å². The van der Waals surface area contributed by atoms with Crippen molar-refractivity contribution in [1.29, 1.82) is 0 Å². The highest BCUT2D eigenvalue weighted by molar-refractivity contribution is 6.31. The summed E-state index contributed by atoms with van der Waals surface area (Å²) < 4.78 is 13.5. The molecule has 0 unspecified atom stereocenters. The second-order valence-corrected chi connectivity index (χ2v) is 7.03. The van der Waals surface area contributed by atoms with Gasteiger partial charge in [0.2, 0.25) is 0 Å². The van der Waals surface area contributed by atoms with Gasteiger partial charge in [0.15, 0.2) is 0 Å². The monoisotopic (exact) mass is 420 g/mol. The zero-order chi connectivity index (χ0) is 21.1. The fourth-order valence-corrected chi connectivity index (χ4v) is 3.28. The van der Waals surface area contributed by atoms with Crippen molar-refractivity contribution in [1.82, 2.24) is 10.3 Å². The minimum Gasteiger partial charge on any atom is -0.355 e. The maximum atomic E-state index is 13.5. The van der Waals surface area contributed by atoms with Crippen LogP contribution in [-0.4, -0.2) is 18.1 Å². The van der Waals surface area contributed by atoms with E-state index >= 15 is 0 Å². The van der Waals surface area contributed by atoms with Gasteiger partial charge < -0.3 is 16.0 Å². The summed E-state index contributed by atoms with van der Waals surface area (Å²) in [6, 6.07) is 19.7. The minimum atomic E-state index is -0.460. The second-order valence-electron chi connectivity index (χ2n) is 6.63. The van der Waals surface area contributed by atoms with Crippen molar-refractivity contribution in [2.45, 2.75) is 0 Å². The molecule has 7 heteroatoms. The Bertz CT molecular complexity index is 1230.